The Bertz CT molecular complexity index is 827. The molecule has 0 bridgehead atoms. The summed E-state index contributed by atoms with van der Waals surface area (Å²) in [6.07, 6.45) is 0. The van der Waals surface area contributed by atoms with Crippen LogP contribution in [0.5, 0.6) is 11.5 Å². The van der Waals surface area contributed by atoms with Crippen LogP contribution in [0.25, 0.3) is 0 Å². The molecule has 6 heteroatoms. The van der Waals surface area contributed by atoms with Crippen molar-refractivity contribution in [2.45, 2.75) is 6.54 Å². The third-order valence-electron chi connectivity index (χ3n) is 3.99. The first kappa shape index (κ1) is 15.7. The van der Waals surface area contributed by atoms with Crippen LogP contribution in [0.2, 0.25) is 0 Å². The number of nitrogens with zero attached hydrogens (tertiary/aromatic N) is 2. The standard InChI is InChI=1S/C18H17N3O3/c1-23-16-7-14-15(8-17(16)24-2)21(18(22)10-20-14)11-13-6-4-3-5-12(13)9-19/h3-8,20H,10-11H2,1-2H3. The van der Waals surface area contributed by atoms with Crippen molar-refractivity contribution in [3.8, 4) is 17.6 Å². The number of nitriles is 1. The lowest BCUT2D eigenvalue weighted by Crippen LogP contribution is -2.39. The van der Waals surface area contributed by atoms with E-state index in [0.29, 0.717) is 29.3 Å². The van der Waals surface area contributed by atoms with Gasteiger partial charge < -0.3 is 19.7 Å². The van der Waals surface area contributed by atoms with Crippen molar-refractivity contribution in [3.63, 3.8) is 0 Å². The molecule has 1 N–H and O–H groups in total. The summed E-state index contributed by atoms with van der Waals surface area (Å²) < 4.78 is 10.6. The molecule has 0 atom stereocenters. The van der Waals surface area contributed by atoms with Gasteiger partial charge in [0.15, 0.2) is 11.5 Å². The van der Waals surface area contributed by atoms with Gasteiger partial charge in [-0.25, -0.2) is 0 Å². The maximum absolute atomic E-state index is 12.4. The molecule has 6 nitrogen and oxygen atoms in total. The van der Waals surface area contributed by atoms with Gasteiger partial charge in [-0.3, -0.25) is 4.79 Å². The van der Waals surface area contributed by atoms with Gasteiger partial charge in [-0.15, -0.1) is 0 Å². The van der Waals surface area contributed by atoms with E-state index in [-0.39, 0.29) is 12.5 Å². The topological polar surface area (TPSA) is 74.6 Å². The number of hydrogen-bond acceptors (Lipinski definition) is 5. The Morgan fingerprint density at radius 3 is 2.62 bits per heavy atom. The van der Waals surface area contributed by atoms with E-state index >= 15 is 0 Å². The van der Waals surface area contributed by atoms with E-state index in [2.05, 4.69) is 11.4 Å². The third kappa shape index (κ3) is 2.72. The molecule has 1 aliphatic heterocycles. The Hall–Kier alpha value is -3.20. The average molecular weight is 323 g/mol. The smallest absolute Gasteiger partial charge is 0.246 e. The summed E-state index contributed by atoms with van der Waals surface area (Å²) in [5.74, 6) is 1.07. The molecular formula is C18H17N3O3. The van der Waals surface area contributed by atoms with Crippen molar-refractivity contribution < 1.29 is 14.3 Å². The van der Waals surface area contributed by atoms with Gasteiger partial charge in [-0.05, 0) is 11.6 Å². The number of nitrogens with one attached hydrogen (secondary N) is 1. The molecule has 0 radical (unpaired) electrons. The van der Waals surface area contributed by atoms with Crippen LogP contribution >= 0.6 is 0 Å². The second kappa shape index (κ2) is 6.50. The Morgan fingerprint density at radius 2 is 1.92 bits per heavy atom. The van der Waals surface area contributed by atoms with Gasteiger partial charge in [0.05, 0.1) is 50.3 Å². The zero-order valence-corrected chi connectivity index (χ0v) is 13.5. The Kier molecular flexibility index (Phi) is 4.25. The molecule has 0 unspecified atom stereocenters. The quantitative estimate of drug-likeness (QED) is 0.936. The number of methoxy groups -OCH3 is 2. The Labute approximate surface area is 140 Å². The minimum atomic E-state index is -0.0672. The summed E-state index contributed by atoms with van der Waals surface area (Å²) in [5, 5.41) is 12.3. The summed E-state index contributed by atoms with van der Waals surface area (Å²) in [7, 11) is 3.12. The van der Waals surface area contributed by atoms with Crippen molar-refractivity contribution in [1.29, 1.82) is 5.26 Å². The van der Waals surface area contributed by atoms with Crippen LogP contribution in [0, 0.1) is 11.3 Å². The fraction of sp³-hybridized carbons (Fsp3) is 0.222. The summed E-state index contributed by atoms with van der Waals surface area (Å²) in [5.41, 5.74) is 2.86. The molecule has 2 aromatic rings. The number of rotatable bonds is 4. The molecule has 24 heavy (non-hydrogen) atoms. The van der Waals surface area contributed by atoms with Gasteiger partial charge in [-0.2, -0.15) is 5.26 Å². The SMILES string of the molecule is COc1cc2c(cc1OC)N(Cc1ccccc1C#N)C(=O)CN2. The van der Waals surface area contributed by atoms with Gasteiger partial charge in [0.1, 0.15) is 0 Å². The Balaban J connectivity index is 2.04. The van der Waals surface area contributed by atoms with E-state index in [4.69, 9.17) is 9.47 Å². The first-order valence-corrected chi connectivity index (χ1v) is 7.46. The second-order valence-corrected chi connectivity index (χ2v) is 5.33. The normalized spacial score (nSPS) is 12.9. The molecule has 1 aliphatic rings. The van der Waals surface area contributed by atoms with Crippen LogP contribution in [-0.2, 0) is 11.3 Å². The van der Waals surface area contributed by atoms with Gasteiger partial charge in [0.2, 0.25) is 5.91 Å². The number of amides is 1. The number of carbonyl (C=O) groups is 1. The number of carbonyl (C=O) groups excluding carboxylic acids is 1. The maximum atomic E-state index is 12.4. The minimum absolute atomic E-state index is 0.0672. The molecule has 0 aliphatic carbocycles. The monoisotopic (exact) mass is 323 g/mol. The lowest BCUT2D eigenvalue weighted by molar-refractivity contribution is -0.117. The predicted molar refractivity (Wildman–Crippen MR) is 90.4 cm³/mol. The van der Waals surface area contributed by atoms with Crippen LogP contribution < -0.4 is 19.7 Å². The summed E-state index contributed by atoms with van der Waals surface area (Å²) >= 11 is 0. The molecule has 1 heterocycles. The highest BCUT2D eigenvalue weighted by atomic mass is 16.5. The Morgan fingerprint density at radius 1 is 1.21 bits per heavy atom. The van der Waals surface area contributed by atoms with E-state index in [1.807, 2.05) is 24.3 Å². The number of ether oxygens (including phenoxy) is 2. The second-order valence-electron chi connectivity index (χ2n) is 5.33. The van der Waals surface area contributed by atoms with Crippen LogP contribution in [0.15, 0.2) is 36.4 Å². The van der Waals surface area contributed by atoms with Gasteiger partial charge in [0.25, 0.3) is 0 Å². The largest absolute Gasteiger partial charge is 0.493 e. The van der Waals surface area contributed by atoms with Crippen molar-refractivity contribution in [2.24, 2.45) is 0 Å². The zero-order valence-electron chi connectivity index (χ0n) is 13.5. The van der Waals surface area contributed by atoms with Crippen molar-refractivity contribution >= 4 is 17.3 Å². The molecule has 0 spiro atoms. The van der Waals surface area contributed by atoms with Gasteiger partial charge >= 0.3 is 0 Å². The van der Waals surface area contributed by atoms with E-state index < -0.39 is 0 Å². The number of anilines is 2. The lowest BCUT2D eigenvalue weighted by Gasteiger charge is -2.31. The predicted octanol–water partition coefficient (Wildman–Crippen LogP) is 2.53. The molecule has 2 aromatic carbocycles. The third-order valence-corrected chi connectivity index (χ3v) is 3.99. The molecule has 122 valence electrons. The summed E-state index contributed by atoms with van der Waals surface area (Å²) in [6.45, 7) is 0.518. The van der Waals surface area contributed by atoms with E-state index in [1.54, 1.807) is 31.3 Å². The molecule has 0 fully saturated rings. The van der Waals surface area contributed by atoms with Gasteiger partial charge in [-0.1, -0.05) is 18.2 Å². The van der Waals surface area contributed by atoms with Crippen LogP contribution in [-0.4, -0.2) is 26.7 Å². The highest BCUT2D eigenvalue weighted by Crippen LogP contribution is 2.40. The molecule has 0 saturated carbocycles. The minimum Gasteiger partial charge on any atom is -0.493 e. The van der Waals surface area contributed by atoms with E-state index in [1.165, 1.54) is 0 Å². The van der Waals surface area contributed by atoms with Gasteiger partial charge in [0, 0.05) is 12.1 Å². The highest BCUT2D eigenvalue weighted by molar-refractivity contribution is 6.03. The summed E-state index contributed by atoms with van der Waals surface area (Å²) in [4.78, 5) is 14.1. The van der Waals surface area contributed by atoms with Crippen molar-refractivity contribution in [3.05, 3.63) is 47.5 Å². The molecule has 3 rings (SSSR count). The first-order chi connectivity index (χ1) is 11.7. The van der Waals surface area contributed by atoms with E-state index in [0.717, 1.165) is 11.3 Å². The molecule has 0 aromatic heterocycles. The lowest BCUT2D eigenvalue weighted by atomic mass is 10.1. The van der Waals surface area contributed by atoms with Crippen LogP contribution in [0.3, 0.4) is 0 Å². The number of fused-ring (bicyclic) bond motifs is 1. The fourth-order valence-corrected chi connectivity index (χ4v) is 2.74. The number of hydrogen-bond donors (Lipinski definition) is 1. The van der Waals surface area contributed by atoms with E-state index in [9.17, 15) is 10.1 Å². The van der Waals surface area contributed by atoms with Crippen LogP contribution in [0.1, 0.15) is 11.1 Å². The zero-order chi connectivity index (χ0) is 17.1. The first-order valence-electron chi connectivity index (χ1n) is 7.46. The van der Waals surface area contributed by atoms with Crippen molar-refractivity contribution in [1.82, 2.24) is 0 Å². The molecule has 0 saturated heterocycles. The maximum Gasteiger partial charge on any atom is 0.246 e. The van der Waals surface area contributed by atoms with Crippen LogP contribution in [0.4, 0.5) is 11.4 Å². The van der Waals surface area contributed by atoms with Crippen molar-refractivity contribution in [2.75, 3.05) is 31.0 Å². The average Bonchev–Trinajstić information content (AvgIpc) is 2.63. The fourth-order valence-electron chi connectivity index (χ4n) is 2.74. The number of benzene rings is 2. The molecule has 1 amide bonds. The highest BCUT2D eigenvalue weighted by Gasteiger charge is 2.26. The molecular weight excluding hydrogens is 306 g/mol. The summed E-state index contributed by atoms with van der Waals surface area (Å²) in [6, 6.07) is 13.0.